The van der Waals surface area contributed by atoms with Crippen LogP contribution in [0.5, 0.6) is 0 Å². The highest BCUT2D eigenvalue weighted by Crippen LogP contribution is 2.14. The van der Waals surface area contributed by atoms with Crippen LogP contribution in [0, 0.1) is 0 Å². The molecule has 0 rings (SSSR count). The largest absolute Gasteiger partial charge is 0.466 e. The van der Waals surface area contributed by atoms with Crippen LogP contribution in [0.4, 0.5) is 0 Å². The third-order valence-corrected chi connectivity index (χ3v) is 10.9. The van der Waals surface area contributed by atoms with E-state index >= 15 is 0 Å². The molecule has 6 heteroatoms. The third-order valence-electron chi connectivity index (χ3n) is 10.9. The lowest BCUT2D eigenvalue weighted by Crippen LogP contribution is -2.45. The lowest BCUT2D eigenvalue weighted by Gasteiger charge is -2.20. The molecule has 0 saturated carbocycles. The zero-order chi connectivity index (χ0) is 40.8. The summed E-state index contributed by atoms with van der Waals surface area (Å²) in [7, 11) is 0. The zero-order valence-corrected chi connectivity index (χ0v) is 37.1. The Morgan fingerprint density at radius 3 is 1.29 bits per heavy atom. The van der Waals surface area contributed by atoms with Crippen molar-refractivity contribution in [3.05, 3.63) is 36.5 Å². The molecule has 0 bridgehead atoms. The number of aliphatic hydroxyl groups excluding tert-OH is 2. The topological polar surface area (TPSA) is 95.9 Å². The van der Waals surface area contributed by atoms with Crippen molar-refractivity contribution in [3.63, 3.8) is 0 Å². The van der Waals surface area contributed by atoms with Gasteiger partial charge in [-0.05, 0) is 83.5 Å². The van der Waals surface area contributed by atoms with Gasteiger partial charge in [-0.1, -0.05) is 185 Å². The molecule has 0 aromatic carbocycles. The predicted molar refractivity (Wildman–Crippen MR) is 241 cm³/mol. The Morgan fingerprint density at radius 1 is 0.482 bits per heavy atom. The van der Waals surface area contributed by atoms with Gasteiger partial charge in [-0.3, -0.25) is 9.59 Å². The van der Waals surface area contributed by atoms with Gasteiger partial charge in [0.2, 0.25) is 5.91 Å². The molecule has 0 fully saturated rings. The number of esters is 1. The lowest BCUT2D eigenvalue weighted by molar-refractivity contribution is -0.143. The first-order chi connectivity index (χ1) is 27.5. The molecule has 0 aromatic heterocycles. The SMILES string of the molecule is CCCCCC/C=C\CCCCCCCC(=O)OCCCC/C=C\CCCCCCCC(=O)NC(CO)C(O)/C=C/CCCCCCCCCCCCCCC. The average molecular weight is 788 g/mol. The van der Waals surface area contributed by atoms with Crippen molar-refractivity contribution in [1.82, 2.24) is 5.32 Å². The number of ether oxygens (including phenoxy) is 1. The van der Waals surface area contributed by atoms with Gasteiger partial charge in [0.15, 0.2) is 0 Å². The predicted octanol–water partition coefficient (Wildman–Crippen LogP) is 14.1. The van der Waals surface area contributed by atoms with Crippen molar-refractivity contribution in [2.24, 2.45) is 0 Å². The van der Waals surface area contributed by atoms with Crippen LogP contribution in [0.15, 0.2) is 36.5 Å². The van der Waals surface area contributed by atoms with Crippen LogP contribution in [-0.2, 0) is 14.3 Å². The van der Waals surface area contributed by atoms with Gasteiger partial charge in [-0.25, -0.2) is 0 Å². The number of carbonyl (C=O) groups is 2. The Bertz CT molecular complexity index is 915. The van der Waals surface area contributed by atoms with Crippen molar-refractivity contribution in [2.45, 2.75) is 257 Å². The van der Waals surface area contributed by atoms with E-state index in [2.05, 4.69) is 43.5 Å². The molecule has 0 aliphatic heterocycles. The minimum Gasteiger partial charge on any atom is -0.466 e. The van der Waals surface area contributed by atoms with E-state index < -0.39 is 12.1 Å². The van der Waals surface area contributed by atoms with E-state index in [1.165, 1.54) is 135 Å². The Kier molecular flexibility index (Phi) is 44.2. The van der Waals surface area contributed by atoms with Gasteiger partial charge >= 0.3 is 5.97 Å². The van der Waals surface area contributed by atoms with E-state index in [4.69, 9.17) is 4.74 Å². The maximum atomic E-state index is 12.4. The van der Waals surface area contributed by atoms with Crippen molar-refractivity contribution in [2.75, 3.05) is 13.2 Å². The standard InChI is InChI=1S/C50H93NO5/c1-3-5-7-9-11-13-15-17-18-20-22-26-30-34-38-42-48(53)47(46-52)51-49(54)43-39-35-31-27-23-21-25-29-33-37-41-45-56-50(55)44-40-36-32-28-24-19-16-14-12-10-8-6-4-2/h14,16,25,29,38,42,47-48,52-53H,3-13,15,17-24,26-28,30-37,39-41,43-46H2,1-2H3,(H,51,54)/b16-14-,29-25-,42-38+. The van der Waals surface area contributed by atoms with E-state index in [9.17, 15) is 19.8 Å². The highest BCUT2D eigenvalue weighted by atomic mass is 16.5. The normalized spacial score (nSPS) is 13.0. The number of hydrogen-bond donors (Lipinski definition) is 3. The van der Waals surface area contributed by atoms with E-state index in [0.29, 0.717) is 19.4 Å². The van der Waals surface area contributed by atoms with Crippen LogP contribution in [-0.4, -0.2) is 47.4 Å². The molecule has 6 nitrogen and oxygen atoms in total. The highest BCUT2D eigenvalue weighted by Gasteiger charge is 2.18. The van der Waals surface area contributed by atoms with Crippen LogP contribution < -0.4 is 5.32 Å². The molecule has 0 aromatic rings. The summed E-state index contributed by atoms with van der Waals surface area (Å²) in [5, 5.41) is 23.0. The summed E-state index contributed by atoms with van der Waals surface area (Å²) in [6.07, 6.45) is 54.2. The maximum absolute atomic E-state index is 12.4. The average Bonchev–Trinajstić information content (AvgIpc) is 3.20. The summed E-state index contributed by atoms with van der Waals surface area (Å²) in [4.78, 5) is 24.4. The summed E-state index contributed by atoms with van der Waals surface area (Å²) >= 11 is 0. The Balaban J connectivity index is 3.58. The zero-order valence-electron chi connectivity index (χ0n) is 37.1. The molecule has 0 aliphatic carbocycles. The van der Waals surface area contributed by atoms with Crippen LogP contribution in [0.2, 0.25) is 0 Å². The molecule has 2 atom stereocenters. The van der Waals surface area contributed by atoms with Gasteiger partial charge in [-0.15, -0.1) is 0 Å². The van der Waals surface area contributed by atoms with Gasteiger partial charge in [0.1, 0.15) is 0 Å². The van der Waals surface area contributed by atoms with Gasteiger partial charge in [0.05, 0.1) is 25.4 Å². The molecular weight excluding hydrogens is 695 g/mol. The highest BCUT2D eigenvalue weighted by molar-refractivity contribution is 5.76. The third kappa shape index (κ3) is 41.7. The molecule has 2 unspecified atom stereocenters. The molecule has 0 spiro atoms. The number of amides is 1. The van der Waals surface area contributed by atoms with Gasteiger partial charge in [-0.2, -0.15) is 0 Å². The number of nitrogens with one attached hydrogen (secondary N) is 1. The number of allylic oxidation sites excluding steroid dienone is 5. The first-order valence-corrected chi connectivity index (χ1v) is 24.3. The Labute approximate surface area is 347 Å². The number of unbranched alkanes of at least 4 members (excludes halogenated alkanes) is 29. The van der Waals surface area contributed by atoms with Gasteiger partial charge in [0.25, 0.3) is 0 Å². The molecule has 1 amide bonds. The van der Waals surface area contributed by atoms with E-state index in [0.717, 1.165) is 83.5 Å². The van der Waals surface area contributed by atoms with Crippen molar-refractivity contribution in [3.8, 4) is 0 Å². The number of aliphatic hydroxyl groups is 2. The van der Waals surface area contributed by atoms with Crippen molar-refractivity contribution >= 4 is 11.9 Å². The minimum absolute atomic E-state index is 0.0431. The van der Waals surface area contributed by atoms with Crippen LogP contribution in [0.3, 0.4) is 0 Å². The molecule has 0 aliphatic rings. The molecule has 3 N–H and O–H groups in total. The maximum Gasteiger partial charge on any atom is 0.305 e. The second kappa shape index (κ2) is 45.8. The number of hydrogen-bond acceptors (Lipinski definition) is 5. The fourth-order valence-electron chi connectivity index (χ4n) is 7.09. The summed E-state index contributed by atoms with van der Waals surface area (Å²) < 4.78 is 5.42. The summed E-state index contributed by atoms with van der Waals surface area (Å²) in [5.41, 5.74) is 0. The smallest absolute Gasteiger partial charge is 0.305 e. The summed E-state index contributed by atoms with van der Waals surface area (Å²) in [6.45, 7) is 4.79. The molecule has 328 valence electrons. The summed E-state index contributed by atoms with van der Waals surface area (Å²) in [6, 6.07) is -0.649. The molecular formula is C50H93NO5. The van der Waals surface area contributed by atoms with E-state index in [1.807, 2.05) is 6.08 Å². The van der Waals surface area contributed by atoms with E-state index in [-0.39, 0.29) is 18.5 Å². The number of rotatable bonds is 44. The molecule has 0 heterocycles. The quantitative estimate of drug-likeness (QED) is 0.0325. The minimum atomic E-state index is -0.862. The first kappa shape index (κ1) is 54.1. The second-order valence-corrected chi connectivity index (χ2v) is 16.4. The molecule has 0 saturated heterocycles. The van der Waals surface area contributed by atoms with E-state index in [1.54, 1.807) is 6.08 Å². The Morgan fingerprint density at radius 2 is 0.839 bits per heavy atom. The van der Waals surface area contributed by atoms with Gasteiger partial charge in [0, 0.05) is 12.8 Å². The first-order valence-electron chi connectivity index (χ1n) is 24.3. The molecule has 56 heavy (non-hydrogen) atoms. The fourth-order valence-corrected chi connectivity index (χ4v) is 7.09. The fraction of sp³-hybridized carbons (Fsp3) is 0.840. The number of carbonyl (C=O) groups excluding carboxylic acids is 2. The second-order valence-electron chi connectivity index (χ2n) is 16.4. The monoisotopic (exact) mass is 788 g/mol. The lowest BCUT2D eigenvalue weighted by atomic mass is 10.0. The van der Waals surface area contributed by atoms with Crippen LogP contribution in [0.25, 0.3) is 0 Å². The van der Waals surface area contributed by atoms with Gasteiger partial charge < -0.3 is 20.3 Å². The van der Waals surface area contributed by atoms with Crippen LogP contribution in [0.1, 0.15) is 245 Å². The summed E-state index contributed by atoms with van der Waals surface area (Å²) in [5.74, 6) is -0.141. The van der Waals surface area contributed by atoms with Crippen molar-refractivity contribution in [1.29, 1.82) is 0 Å². The van der Waals surface area contributed by atoms with Crippen molar-refractivity contribution < 1.29 is 24.5 Å². The molecule has 0 radical (unpaired) electrons. The van der Waals surface area contributed by atoms with Crippen LogP contribution >= 0.6 is 0 Å². The Hall–Kier alpha value is -1.92.